The maximum absolute atomic E-state index is 13.5. The van der Waals surface area contributed by atoms with E-state index in [1.807, 2.05) is 0 Å². The zero-order valence-electron chi connectivity index (χ0n) is 34.3. The number of nitriles is 1. The number of aliphatic hydroxyl groups is 2. The fourth-order valence-corrected chi connectivity index (χ4v) is 5.97. The van der Waals surface area contributed by atoms with E-state index in [0.717, 1.165) is 7.12 Å². The first-order valence-electron chi connectivity index (χ1n) is 18.4. The van der Waals surface area contributed by atoms with Crippen molar-refractivity contribution in [1.29, 1.82) is 5.26 Å². The van der Waals surface area contributed by atoms with E-state index < -0.39 is 61.9 Å². The van der Waals surface area contributed by atoms with Gasteiger partial charge in [-0.3, -0.25) is 13.8 Å². The summed E-state index contributed by atoms with van der Waals surface area (Å²) in [6.45, 7) is 13.4. The summed E-state index contributed by atoms with van der Waals surface area (Å²) in [5.74, 6) is -2.29. The van der Waals surface area contributed by atoms with E-state index in [1.54, 1.807) is 59.7 Å². The molecule has 1 fully saturated rings. The number of ether oxygens (including phenoxy) is 3. The molecule has 2 aromatic rings. The Hall–Kier alpha value is -5.11. The number of hydrogen-bond acceptors (Lipinski definition) is 17. The first kappa shape index (κ1) is 48.3. The molecule has 1 saturated heterocycles. The average Bonchev–Trinajstić information content (AvgIpc) is 3.79. The van der Waals surface area contributed by atoms with Gasteiger partial charge in [-0.1, -0.05) is 0 Å². The second kappa shape index (κ2) is 21.8. The van der Waals surface area contributed by atoms with E-state index in [1.165, 1.54) is 31.1 Å². The van der Waals surface area contributed by atoms with Crippen LogP contribution in [0.5, 0.6) is 5.75 Å². The number of alkyl carbamates (subject to hydrolysis) is 2. The minimum absolute atomic E-state index is 0.0597. The quantitative estimate of drug-likeness (QED) is 0.0445. The summed E-state index contributed by atoms with van der Waals surface area (Å²) in [4.78, 5) is 53.5. The van der Waals surface area contributed by atoms with E-state index >= 15 is 0 Å². The fraction of sp³-hybridized carbons (Fsp3) is 0.600. The molecule has 1 aromatic carbocycles. The van der Waals surface area contributed by atoms with Gasteiger partial charge in [0.05, 0.1) is 12.7 Å². The SMILES string of the molecule is CC(C)(C)OC(=O)NC(=BOC#N)NCCCC(NC(=O)OC(C)(C)C)C(=O)Nc1ccc2c(c1)COP(OCC1CCC(n3cnc(C(N)=O)n3)O1)O2.CC(C)(O)O. The Bertz CT molecular complexity index is 1820. The standard InChI is InChI=1S/C32H45BN9O11P.C3H8O2/c1-31(2,3)51-29(45)39-22(8-7-13-36-28(33-47-17-34)40-30(46)52-32(4,5)6)27(44)38-20-9-11-23-19(14-20)15-48-54(53-23)49-16-21-10-12-24(50-21)42-18-37-26(41-42)25(35)43;1-3(2,4)5/h9,11,14,18,21-22,24,36H,7-8,10,12-13,15-16H2,1-6H3,(H2,35,43)(H,38,44)(H,39,45)(H,40,46);4-5H,1-2H3. The van der Waals surface area contributed by atoms with Crippen LogP contribution in [0.1, 0.15) is 103 Å². The van der Waals surface area contributed by atoms with E-state index in [4.69, 9.17) is 49.0 Å². The second-order valence-electron chi connectivity index (χ2n) is 15.5. The van der Waals surface area contributed by atoms with Crippen molar-refractivity contribution in [3.05, 3.63) is 35.9 Å². The molecule has 0 spiro atoms. The molecule has 8 N–H and O–H groups in total. The summed E-state index contributed by atoms with van der Waals surface area (Å²) in [5, 5.41) is 39.8. The molecule has 4 unspecified atom stereocenters. The van der Waals surface area contributed by atoms with E-state index in [-0.39, 0.29) is 43.8 Å². The molecule has 1 aromatic heterocycles. The van der Waals surface area contributed by atoms with Gasteiger partial charge in [-0.2, -0.15) is 0 Å². The van der Waals surface area contributed by atoms with Gasteiger partial charge in [0.25, 0.3) is 5.91 Å². The molecule has 324 valence electrons. The van der Waals surface area contributed by atoms with Crippen molar-refractivity contribution in [1.82, 2.24) is 30.7 Å². The van der Waals surface area contributed by atoms with Crippen LogP contribution < -0.4 is 31.5 Å². The Labute approximate surface area is 343 Å². The number of hydrogen-bond donors (Lipinski definition) is 7. The maximum atomic E-state index is 13.5. The topological polar surface area (TPSA) is 302 Å². The molecule has 59 heavy (non-hydrogen) atoms. The number of anilines is 1. The van der Waals surface area contributed by atoms with Gasteiger partial charge >= 0.3 is 221 Å². The Morgan fingerprint density at radius 2 is 1.76 bits per heavy atom. The first-order chi connectivity index (χ1) is 27.5. The van der Waals surface area contributed by atoms with Crippen molar-refractivity contribution in [2.45, 2.75) is 123 Å². The molecule has 4 atom stereocenters. The molecule has 4 amide bonds. The Morgan fingerprint density at radius 1 is 1.08 bits per heavy atom. The molecular formula is C35H53BN9O13P. The zero-order chi connectivity index (χ0) is 44.0. The molecule has 4 rings (SSSR count). The van der Waals surface area contributed by atoms with Crippen molar-refractivity contribution in [3.8, 4) is 12.0 Å². The van der Waals surface area contributed by atoms with Crippen molar-refractivity contribution >= 4 is 51.1 Å². The molecule has 0 aliphatic carbocycles. The summed E-state index contributed by atoms with van der Waals surface area (Å²) in [7, 11) is -0.713. The summed E-state index contributed by atoms with van der Waals surface area (Å²) in [6, 6.07) is 4.02. The molecule has 2 aliphatic heterocycles. The summed E-state index contributed by atoms with van der Waals surface area (Å²) < 4.78 is 40.3. The molecule has 0 saturated carbocycles. The Balaban J connectivity index is 0.00000175. The van der Waals surface area contributed by atoms with Crippen LogP contribution in [0.3, 0.4) is 0 Å². The predicted molar refractivity (Wildman–Crippen MR) is 211 cm³/mol. The molecule has 24 heteroatoms. The Morgan fingerprint density at radius 3 is 2.39 bits per heavy atom. The van der Waals surface area contributed by atoms with Gasteiger partial charge in [0.2, 0.25) is 5.82 Å². The van der Waals surface area contributed by atoms with Crippen LogP contribution in [0.15, 0.2) is 24.5 Å². The number of amides is 4. The van der Waals surface area contributed by atoms with E-state index in [2.05, 4.69) is 36.0 Å². The number of primary amides is 1. The van der Waals surface area contributed by atoms with Crippen LogP contribution in [0.2, 0.25) is 0 Å². The zero-order valence-corrected chi connectivity index (χ0v) is 35.2. The molecule has 3 heterocycles. The van der Waals surface area contributed by atoms with Gasteiger partial charge in [0.15, 0.2) is 12.0 Å². The van der Waals surface area contributed by atoms with Crippen LogP contribution in [0.4, 0.5) is 15.3 Å². The van der Waals surface area contributed by atoms with Crippen LogP contribution >= 0.6 is 8.60 Å². The number of nitrogens with zero attached hydrogens (tertiary/aromatic N) is 4. The average molecular weight is 850 g/mol. The smallest absolute Gasteiger partial charge is 0.426 e. The number of nitrogens with two attached hydrogens (primary N) is 1. The molecule has 0 bridgehead atoms. The van der Waals surface area contributed by atoms with Crippen LogP contribution in [-0.4, -0.2) is 104 Å². The van der Waals surface area contributed by atoms with Gasteiger partial charge in [-0.05, 0) is 26.7 Å². The second-order valence-corrected chi connectivity index (χ2v) is 16.7. The number of carbonyl (C=O) groups excluding carboxylic acids is 4. The summed E-state index contributed by atoms with van der Waals surface area (Å²) >= 11 is 0. The number of nitrogens with one attached hydrogen (secondary N) is 4. The number of carbonyl (C=O) groups is 4. The minimum atomic E-state index is -1.72. The van der Waals surface area contributed by atoms with Crippen molar-refractivity contribution in [2.24, 2.45) is 5.73 Å². The molecule has 22 nitrogen and oxygen atoms in total. The van der Waals surface area contributed by atoms with E-state index in [9.17, 15) is 19.2 Å². The predicted octanol–water partition coefficient (Wildman–Crippen LogP) is 2.54. The third-order valence-electron chi connectivity index (χ3n) is 7.16. The van der Waals surface area contributed by atoms with Crippen LogP contribution in [0, 0.1) is 11.5 Å². The molecule has 0 radical (unpaired) electrons. The molecule has 2 aliphatic rings. The third kappa shape index (κ3) is 19.0. The monoisotopic (exact) mass is 849 g/mol. The fourth-order valence-electron chi connectivity index (χ4n) is 4.92. The van der Waals surface area contributed by atoms with Crippen molar-refractivity contribution in [2.75, 3.05) is 18.5 Å². The summed E-state index contributed by atoms with van der Waals surface area (Å²) in [6.07, 6.45) is 2.49. The number of aromatic nitrogens is 3. The van der Waals surface area contributed by atoms with Gasteiger partial charge < -0.3 is 25.2 Å². The normalized spacial score (nSPS) is 18.2. The van der Waals surface area contributed by atoms with E-state index in [0.29, 0.717) is 36.3 Å². The number of rotatable bonds is 15. The van der Waals surface area contributed by atoms with Gasteiger partial charge in [-0.15, -0.1) is 5.10 Å². The van der Waals surface area contributed by atoms with Gasteiger partial charge in [-0.25, -0.2) is 9.67 Å². The van der Waals surface area contributed by atoms with Gasteiger partial charge in [0.1, 0.15) is 6.33 Å². The first-order valence-corrected chi connectivity index (χ1v) is 19.5. The number of benzene rings is 1. The molecular weight excluding hydrogens is 796 g/mol. The minimum Gasteiger partial charge on any atom is -0.426 e. The third-order valence-corrected chi connectivity index (χ3v) is 8.20. The van der Waals surface area contributed by atoms with Crippen molar-refractivity contribution < 1.29 is 61.8 Å². The van der Waals surface area contributed by atoms with Crippen molar-refractivity contribution in [3.63, 3.8) is 0 Å². The van der Waals surface area contributed by atoms with Crippen LogP contribution in [-0.2, 0) is 39.3 Å². The number of fused-ring (bicyclic) bond motifs is 1. The van der Waals surface area contributed by atoms with Crippen LogP contribution in [0.25, 0.3) is 0 Å². The van der Waals surface area contributed by atoms with Gasteiger partial charge in [0, 0.05) is 0 Å². The Kier molecular flexibility index (Phi) is 17.8. The summed E-state index contributed by atoms with van der Waals surface area (Å²) in [5.41, 5.74) is 4.83.